The number of hydrogen-bond donors (Lipinski definition) is 1. The zero-order valence-corrected chi connectivity index (χ0v) is 11.2. The summed E-state index contributed by atoms with van der Waals surface area (Å²) >= 11 is 0. The topological polar surface area (TPSA) is 52.3 Å². The van der Waals surface area contributed by atoms with Gasteiger partial charge in [0, 0.05) is 6.54 Å². The van der Waals surface area contributed by atoms with E-state index in [0.29, 0.717) is 19.1 Å². The highest BCUT2D eigenvalue weighted by molar-refractivity contribution is 5.77. The van der Waals surface area contributed by atoms with E-state index < -0.39 is 5.41 Å². The Kier molecular flexibility index (Phi) is 7.39. The van der Waals surface area contributed by atoms with Crippen LogP contribution in [0, 0.1) is 11.3 Å². The van der Waals surface area contributed by atoms with Crippen LogP contribution < -0.4 is 5.73 Å². The molecule has 0 heterocycles. The van der Waals surface area contributed by atoms with Crippen molar-refractivity contribution >= 4 is 5.97 Å². The smallest absolute Gasteiger partial charge is 0.313 e. The number of nitrogens with two attached hydrogens (primary N) is 1. The molecule has 0 spiro atoms. The molecule has 3 nitrogen and oxygen atoms in total. The molecule has 0 bridgehead atoms. The second kappa shape index (κ2) is 7.66. The molecule has 0 aliphatic rings. The third-order valence-corrected chi connectivity index (χ3v) is 3.51. The fourth-order valence-electron chi connectivity index (χ4n) is 2.62. The summed E-state index contributed by atoms with van der Waals surface area (Å²) in [6.45, 7) is 9.00. The summed E-state index contributed by atoms with van der Waals surface area (Å²) in [5.74, 6) is 0.226. The van der Waals surface area contributed by atoms with Crippen molar-refractivity contribution in [2.24, 2.45) is 17.1 Å². The van der Waals surface area contributed by atoms with E-state index in [-0.39, 0.29) is 5.97 Å². The number of carbonyl (C=O) groups excluding carboxylic acids is 1. The molecular weight excluding hydrogens is 202 g/mol. The molecule has 0 saturated heterocycles. The van der Waals surface area contributed by atoms with Gasteiger partial charge in [-0.25, -0.2) is 0 Å². The first-order valence-electron chi connectivity index (χ1n) is 6.50. The van der Waals surface area contributed by atoms with Gasteiger partial charge in [-0.05, 0) is 19.3 Å². The summed E-state index contributed by atoms with van der Waals surface area (Å²) < 4.78 is 5.22. The van der Waals surface area contributed by atoms with Crippen molar-refractivity contribution in [3.8, 4) is 0 Å². The molecule has 0 aromatic rings. The van der Waals surface area contributed by atoms with Crippen LogP contribution in [0.4, 0.5) is 0 Å². The predicted octanol–water partition coefficient (Wildman–Crippen LogP) is 2.73. The average Bonchev–Trinajstić information content (AvgIpc) is 2.29. The highest BCUT2D eigenvalue weighted by Crippen LogP contribution is 2.37. The maximum absolute atomic E-state index is 12.1. The SMILES string of the molecule is CCCC(CN)(C(=O)OCC)C(CC)CC. The Labute approximate surface area is 99.7 Å². The summed E-state index contributed by atoms with van der Waals surface area (Å²) in [6.07, 6.45) is 3.75. The van der Waals surface area contributed by atoms with Gasteiger partial charge in [0.25, 0.3) is 0 Å². The lowest BCUT2D eigenvalue weighted by Gasteiger charge is -2.36. The van der Waals surface area contributed by atoms with E-state index in [2.05, 4.69) is 20.8 Å². The minimum absolute atomic E-state index is 0.104. The van der Waals surface area contributed by atoms with Crippen molar-refractivity contribution in [2.75, 3.05) is 13.2 Å². The average molecular weight is 229 g/mol. The monoisotopic (exact) mass is 229 g/mol. The highest BCUT2D eigenvalue weighted by atomic mass is 16.5. The van der Waals surface area contributed by atoms with Crippen molar-refractivity contribution in [3.63, 3.8) is 0 Å². The molecule has 96 valence electrons. The van der Waals surface area contributed by atoms with Gasteiger partial charge in [0.05, 0.1) is 12.0 Å². The summed E-state index contributed by atoms with van der Waals surface area (Å²) in [5, 5.41) is 0. The third-order valence-electron chi connectivity index (χ3n) is 3.51. The maximum Gasteiger partial charge on any atom is 0.313 e. The van der Waals surface area contributed by atoms with E-state index >= 15 is 0 Å². The van der Waals surface area contributed by atoms with Crippen molar-refractivity contribution in [2.45, 2.75) is 53.4 Å². The van der Waals surface area contributed by atoms with Gasteiger partial charge in [-0.3, -0.25) is 4.79 Å². The van der Waals surface area contributed by atoms with Gasteiger partial charge in [-0.15, -0.1) is 0 Å². The zero-order valence-electron chi connectivity index (χ0n) is 11.2. The van der Waals surface area contributed by atoms with Crippen LogP contribution in [0.3, 0.4) is 0 Å². The highest BCUT2D eigenvalue weighted by Gasteiger charge is 2.43. The molecule has 0 aliphatic heterocycles. The first-order valence-corrected chi connectivity index (χ1v) is 6.50. The van der Waals surface area contributed by atoms with Gasteiger partial charge in [-0.1, -0.05) is 40.0 Å². The molecule has 16 heavy (non-hydrogen) atoms. The van der Waals surface area contributed by atoms with Crippen LogP contribution >= 0.6 is 0 Å². The van der Waals surface area contributed by atoms with Crippen LogP contribution in [0.1, 0.15) is 53.4 Å². The summed E-state index contributed by atoms with van der Waals surface area (Å²) in [7, 11) is 0. The number of ether oxygens (including phenoxy) is 1. The minimum atomic E-state index is -0.464. The molecule has 1 atom stereocenters. The van der Waals surface area contributed by atoms with Crippen molar-refractivity contribution in [1.82, 2.24) is 0 Å². The lowest BCUT2D eigenvalue weighted by Crippen LogP contribution is -2.45. The normalized spacial score (nSPS) is 14.9. The van der Waals surface area contributed by atoms with E-state index in [4.69, 9.17) is 10.5 Å². The van der Waals surface area contributed by atoms with E-state index in [0.717, 1.165) is 25.7 Å². The Bertz CT molecular complexity index is 202. The van der Waals surface area contributed by atoms with E-state index in [1.165, 1.54) is 0 Å². The Hall–Kier alpha value is -0.570. The Morgan fingerprint density at radius 3 is 2.12 bits per heavy atom. The summed E-state index contributed by atoms with van der Waals surface area (Å²) in [6, 6.07) is 0. The van der Waals surface area contributed by atoms with Crippen molar-refractivity contribution in [1.29, 1.82) is 0 Å². The molecule has 0 aliphatic carbocycles. The zero-order chi connectivity index (χ0) is 12.6. The number of rotatable bonds is 8. The van der Waals surface area contributed by atoms with Crippen LogP contribution in [-0.4, -0.2) is 19.1 Å². The number of hydrogen-bond acceptors (Lipinski definition) is 3. The van der Waals surface area contributed by atoms with Gasteiger partial charge in [0.15, 0.2) is 0 Å². The van der Waals surface area contributed by atoms with Gasteiger partial charge < -0.3 is 10.5 Å². The first kappa shape index (κ1) is 15.4. The lowest BCUT2D eigenvalue weighted by atomic mass is 9.69. The van der Waals surface area contributed by atoms with Gasteiger partial charge >= 0.3 is 5.97 Å². The van der Waals surface area contributed by atoms with Crippen molar-refractivity contribution < 1.29 is 9.53 Å². The molecule has 0 fully saturated rings. The van der Waals surface area contributed by atoms with E-state index in [1.54, 1.807) is 0 Å². The lowest BCUT2D eigenvalue weighted by molar-refractivity contribution is -0.159. The Balaban J connectivity index is 5.02. The fourth-order valence-corrected chi connectivity index (χ4v) is 2.62. The second-order valence-corrected chi connectivity index (χ2v) is 4.34. The van der Waals surface area contributed by atoms with Gasteiger partial charge in [0.2, 0.25) is 0 Å². The quantitative estimate of drug-likeness (QED) is 0.651. The van der Waals surface area contributed by atoms with Gasteiger partial charge in [0.1, 0.15) is 0 Å². The molecule has 0 aromatic heterocycles. The number of esters is 1. The van der Waals surface area contributed by atoms with E-state index in [1.807, 2.05) is 6.92 Å². The molecular formula is C13H27NO2. The maximum atomic E-state index is 12.1. The molecule has 3 heteroatoms. The Morgan fingerprint density at radius 1 is 1.25 bits per heavy atom. The summed E-state index contributed by atoms with van der Waals surface area (Å²) in [4.78, 5) is 12.1. The fraction of sp³-hybridized carbons (Fsp3) is 0.923. The largest absolute Gasteiger partial charge is 0.466 e. The van der Waals surface area contributed by atoms with Crippen LogP contribution in [0.25, 0.3) is 0 Å². The molecule has 1 unspecified atom stereocenters. The standard InChI is InChI=1S/C13H27NO2/c1-5-9-13(10-14,11(6-2)7-3)12(15)16-8-4/h11H,5-10,14H2,1-4H3. The third kappa shape index (κ3) is 3.21. The molecule has 0 aromatic carbocycles. The first-order chi connectivity index (χ1) is 7.62. The molecule has 0 amide bonds. The predicted molar refractivity (Wildman–Crippen MR) is 67.1 cm³/mol. The van der Waals surface area contributed by atoms with Crippen LogP contribution in [0.2, 0.25) is 0 Å². The van der Waals surface area contributed by atoms with Crippen LogP contribution in [-0.2, 0) is 9.53 Å². The van der Waals surface area contributed by atoms with Crippen molar-refractivity contribution in [3.05, 3.63) is 0 Å². The molecule has 2 N–H and O–H groups in total. The van der Waals surface area contributed by atoms with Crippen LogP contribution in [0.15, 0.2) is 0 Å². The summed E-state index contributed by atoms with van der Waals surface area (Å²) in [5.41, 5.74) is 5.41. The second-order valence-electron chi connectivity index (χ2n) is 4.34. The molecule has 0 rings (SSSR count). The minimum Gasteiger partial charge on any atom is -0.466 e. The molecule has 0 saturated carbocycles. The Morgan fingerprint density at radius 2 is 1.81 bits per heavy atom. The molecule has 0 radical (unpaired) electrons. The number of carbonyl (C=O) groups is 1. The van der Waals surface area contributed by atoms with E-state index in [9.17, 15) is 4.79 Å². The van der Waals surface area contributed by atoms with Crippen LogP contribution in [0.5, 0.6) is 0 Å². The van der Waals surface area contributed by atoms with Gasteiger partial charge in [-0.2, -0.15) is 0 Å².